The van der Waals surface area contributed by atoms with Crippen LogP contribution in [0.15, 0.2) is 45.7 Å². The van der Waals surface area contributed by atoms with E-state index in [0.29, 0.717) is 10.3 Å². The van der Waals surface area contributed by atoms with Crippen molar-refractivity contribution in [1.29, 1.82) is 0 Å². The van der Waals surface area contributed by atoms with Crippen LogP contribution in [0.1, 0.15) is 32.1 Å². The van der Waals surface area contributed by atoms with E-state index in [1.165, 1.54) is 32.1 Å². The van der Waals surface area contributed by atoms with Gasteiger partial charge in [0.05, 0.1) is 10.8 Å². The molecule has 3 heteroatoms. The summed E-state index contributed by atoms with van der Waals surface area (Å²) in [5.74, 6) is 0.518. The van der Waals surface area contributed by atoms with Gasteiger partial charge in [0.15, 0.2) is 0 Å². The largest absolute Gasteiger partial charge is 0.248 e. The zero-order valence-electron chi connectivity index (χ0n) is 9.77. The minimum absolute atomic E-state index is 0.489. The van der Waals surface area contributed by atoms with E-state index in [0.717, 1.165) is 4.90 Å². The molecule has 1 aliphatic rings. The van der Waals surface area contributed by atoms with E-state index in [-0.39, 0.29) is 0 Å². The average molecular weight is 269 g/mol. The molecule has 1 atom stereocenters. The van der Waals surface area contributed by atoms with Crippen LogP contribution in [0.25, 0.3) is 0 Å². The number of hydrogen-bond donors (Lipinski definition) is 0. The molecule has 1 aliphatic carbocycles. The van der Waals surface area contributed by atoms with Gasteiger partial charge in [-0.1, -0.05) is 55.1 Å². The van der Waals surface area contributed by atoms with Gasteiger partial charge in [-0.3, -0.25) is 0 Å². The zero-order chi connectivity index (χ0) is 12.1. The minimum atomic E-state index is -1.20. The predicted molar refractivity (Wildman–Crippen MR) is 73.4 cm³/mol. The van der Waals surface area contributed by atoms with Gasteiger partial charge >= 0.3 is 0 Å². The fraction of sp³-hybridized carbons (Fsp3) is 0.429. The van der Waals surface area contributed by atoms with Crippen LogP contribution >= 0.6 is 11.6 Å². The number of benzene rings is 1. The van der Waals surface area contributed by atoms with Gasteiger partial charge in [-0.25, -0.2) is 4.21 Å². The lowest BCUT2D eigenvalue weighted by Crippen LogP contribution is -2.04. The molecule has 0 aromatic heterocycles. The summed E-state index contributed by atoms with van der Waals surface area (Å²) in [5, 5.41) is 0. The lowest BCUT2D eigenvalue weighted by Gasteiger charge is -2.18. The molecule has 92 valence electrons. The molecule has 0 saturated heterocycles. The van der Waals surface area contributed by atoms with Crippen molar-refractivity contribution in [2.24, 2.45) is 5.92 Å². The summed E-state index contributed by atoms with van der Waals surface area (Å²) in [6.07, 6.45) is 8.23. The van der Waals surface area contributed by atoms with Crippen molar-refractivity contribution in [2.45, 2.75) is 37.0 Å². The van der Waals surface area contributed by atoms with Crippen LogP contribution in [0.4, 0.5) is 0 Å². The van der Waals surface area contributed by atoms with Crippen molar-refractivity contribution in [1.82, 2.24) is 0 Å². The molecule has 0 spiro atoms. The van der Waals surface area contributed by atoms with Crippen LogP contribution in [-0.4, -0.2) is 4.21 Å². The van der Waals surface area contributed by atoms with Crippen molar-refractivity contribution in [2.75, 3.05) is 0 Å². The SMILES string of the molecule is O=S(/C(Cl)=C\C1CCCCC1)c1ccccc1. The van der Waals surface area contributed by atoms with Crippen LogP contribution in [0.3, 0.4) is 0 Å². The quantitative estimate of drug-likeness (QED) is 0.791. The van der Waals surface area contributed by atoms with Gasteiger partial charge in [-0.2, -0.15) is 0 Å². The molecule has 1 saturated carbocycles. The molecule has 0 aliphatic heterocycles. The Hall–Kier alpha value is -0.600. The Balaban J connectivity index is 2.06. The monoisotopic (exact) mass is 268 g/mol. The maximum Gasteiger partial charge on any atom is 0.106 e. The molecular weight excluding hydrogens is 252 g/mol. The van der Waals surface area contributed by atoms with Crippen molar-refractivity contribution in [3.8, 4) is 0 Å². The summed E-state index contributed by atoms with van der Waals surface area (Å²) in [4.78, 5) is 0.782. The van der Waals surface area contributed by atoms with E-state index in [1.54, 1.807) is 0 Å². The average Bonchev–Trinajstić information content (AvgIpc) is 2.40. The summed E-state index contributed by atoms with van der Waals surface area (Å²) < 4.78 is 12.6. The third-order valence-corrected chi connectivity index (χ3v) is 4.89. The molecule has 1 fully saturated rings. The molecule has 1 unspecified atom stereocenters. The molecular formula is C14H17ClOS. The molecule has 0 bridgehead atoms. The third-order valence-electron chi connectivity index (χ3n) is 3.15. The van der Waals surface area contributed by atoms with Gasteiger partial charge in [0.25, 0.3) is 0 Å². The van der Waals surface area contributed by atoms with Gasteiger partial charge < -0.3 is 0 Å². The normalized spacial score (nSPS) is 20.2. The fourth-order valence-electron chi connectivity index (χ4n) is 2.20. The Kier molecular flexibility index (Phi) is 4.81. The first-order valence-corrected chi connectivity index (χ1v) is 7.64. The summed E-state index contributed by atoms with van der Waals surface area (Å²) in [6.45, 7) is 0. The number of halogens is 1. The molecule has 1 nitrogen and oxygen atoms in total. The summed E-state index contributed by atoms with van der Waals surface area (Å²) in [6, 6.07) is 9.40. The van der Waals surface area contributed by atoms with Crippen LogP contribution in [-0.2, 0) is 10.8 Å². The van der Waals surface area contributed by atoms with Gasteiger partial charge in [-0.15, -0.1) is 0 Å². The van der Waals surface area contributed by atoms with Crippen molar-refractivity contribution in [3.63, 3.8) is 0 Å². The van der Waals surface area contributed by atoms with Crippen LogP contribution in [0.2, 0.25) is 0 Å². The van der Waals surface area contributed by atoms with E-state index >= 15 is 0 Å². The smallest absolute Gasteiger partial charge is 0.106 e. The summed E-state index contributed by atoms with van der Waals surface area (Å²) in [7, 11) is -1.20. The molecule has 0 N–H and O–H groups in total. The van der Waals surface area contributed by atoms with E-state index in [4.69, 9.17) is 11.6 Å². The molecule has 0 amide bonds. The first-order chi connectivity index (χ1) is 8.27. The van der Waals surface area contributed by atoms with Crippen molar-refractivity contribution >= 4 is 22.4 Å². The maximum atomic E-state index is 12.1. The highest BCUT2D eigenvalue weighted by atomic mass is 35.5. The number of allylic oxidation sites excluding steroid dienone is 1. The van der Waals surface area contributed by atoms with Gasteiger partial charge in [0, 0.05) is 4.90 Å². The highest BCUT2D eigenvalue weighted by Gasteiger charge is 2.14. The highest BCUT2D eigenvalue weighted by Crippen LogP contribution is 2.28. The van der Waals surface area contributed by atoms with E-state index in [9.17, 15) is 4.21 Å². The van der Waals surface area contributed by atoms with Crippen LogP contribution in [0, 0.1) is 5.92 Å². The van der Waals surface area contributed by atoms with Gasteiger partial charge in [0.2, 0.25) is 0 Å². The van der Waals surface area contributed by atoms with Crippen LogP contribution in [0.5, 0.6) is 0 Å². The molecule has 1 aromatic rings. The zero-order valence-corrected chi connectivity index (χ0v) is 11.3. The summed E-state index contributed by atoms with van der Waals surface area (Å²) in [5.41, 5.74) is 0. The fourth-order valence-corrected chi connectivity index (χ4v) is 3.60. The predicted octanol–water partition coefficient (Wildman–Crippen LogP) is 4.45. The second kappa shape index (κ2) is 6.36. The third kappa shape index (κ3) is 3.68. The molecule has 0 heterocycles. The number of hydrogen-bond acceptors (Lipinski definition) is 1. The van der Waals surface area contributed by atoms with Gasteiger partial charge in [0.1, 0.15) is 4.36 Å². The standard InChI is InChI=1S/C14H17ClOS/c15-14(11-12-7-3-1-4-8-12)17(16)13-9-5-2-6-10-13/h2,5-6,9-12H,1,3-4,7-8H2/b14-11-. The van der Waals surface area contributed by atoms with Crippen molar-refractivity contribution in [3.05, 3.63) is 40.8 Å². The Morgan fingerprint density at radius 1 is 1.18 bits per heavy atom. The van der Waals surface area contributed by atoms with Crippen LogP contribution < -0.4 is 0 Å². The highest BCUT2D eigenvalue weighted by molar-refractivity contribution is 7.90. The molecule has 1 aromatic carbocycles. The number of rotatable bonds is 3. The maximum absolute atomic E-state index is 12.1. The Morgan fingerprint density at radius 2 is 1.82 bits per heavy atom. The van der Waals surface area contributed by atoms with E-state index < -0.39 is 10.8 Å². The second-order valence-corrected chi connectivity index (χ2v) is 6.53. The minimum Gasteiger partial charge on any atom is -0.248 e. The van der Waals surface area contributed by atoms with Gasteiger partial charge in [-0.05, 0) is 30.9 Å². The van der Waals surface area contributed by atoms with Crippen molar-refractivity contribution < 1.29 is 4.21 Å². The lowest BCUT2D eigenvalue weighted by atomic mass is 9.90. The van der Waals surface area contributed by atoms with E-state index in [2.05, 4.69) is 0 Å². The topological polar surface area (TPSA) is 17.1 Å². The Morgan fingerprint density at radius 3 is 2.47 bits per heavy atom. The second-order valence-electron chi connectivity index (χ2n) is 4.45. The van der Waals surface area contributed by atoms with E-state index in [1.807, 2.05) is 36.4 Å². The first-order valence-electron chi connectivity index (χ1n) is 6.11. The molecule has 2 rings (SSSR count). The summed E-state index contributed by atoms with van der Waals surface area (Å²) >= 11 is 6.16. The Labute approximate surface area is 110 Å². The first kappa shape index (κ1) is 12.8. The molecule has 17 heavy (non-hydrogen) atoms. The lowest BCUT2D eigenvalue weighted by molar-refractivity contribution is 0.419. The Bertz CT molecular complexity index is 407. The molecule has 0 radical (unpaired) electrons.